The molecule has 1 saturated heterocycles. The van der Waals surface area contributed by atoms with Crippen molar-refractivity contribution in [3.63, 3.8) is 0 Å². The van der Waals surface area contributed by atoms with Crippen LogP contribution in [0.1, 0.15) is 18.1 Å². The van der Waals surface area contributed by atoms with Crippen LogP contribution in [0.25, 0.3) is 5.57 Å². The SMILES string of the molecule is CCN1C(=O)C(c2ccc(C)cc2)=C(N2CCN(c3ncccn3)CC2)C1=O. The first-order valence-corrected chi connectivity index (χ1v) is 9.54. The van der Waals surface area contributed by atoms with Gasteiger partial charge in [-0.1, -0.05) is 29.8 Å². The number of benzene rings is 1. The Bertz CT molecular complexity index is 916. The summed E-state index contributed by atoms with van der Waals surface area (Å²) in [5.74, 6) is 0.284. The number of anilines is 1. The van der Waals surface area contributed by atoms with E-state index >= 15 is 0 Å². The second-order valence-corrected chi connectivity index (χ2v) is 6.97. The van der Waals surface area contributed by atoms with Crippen LogP contribution in [0.2, 0.25) is 0 Å². The third kappa shape index (κ3) is 3.13. The number of amides is 2. The Hall–Kier alpha value is -3.22. The second kappa shape index (κ2) is 7.42. The van der Waals surface area contributed by atoms with Crippen LogP contribution < -0.4 is 4.90 Å². The van der Waals surface area contributed by atoms with Crippen molar-refractivity contribution in [3.8, 4) is 0 Å². The summed E-state index contributed by atoms with van der Waals surface area (Å²) in [5, 5.41) is 0. The zero-order valence-electron chi connectivity index (χ0n) is 16.1. The maximum Gasteiger partial charge on any atom is 0.277 e. The van der Waals surface area contributed by atoms with Gasteiger partial charge in [-0.15, -0.1) is 0 Å². The summed E-state index contributed by atoms with van der Waals surface area (Å²) in [6.45, 7) is 6.87. The molecule has 0 bridgehead atoms. The predicted molar refractivity (Wildman–Crippen MR) is 106 cm³/mol. The van der Waals surface area contributed by atoms with Gasteiger partial charge in [-0.05, 0) is 25.5 Å². The van der Waals surface area contributed by atoms with Gasteiger partial charge in [0.25, 0.3) is 11.8 Å². The normalized spacial score (nSPS) is 17.7. The van der Waals surface area contributed by atoms with Crippen LogP contribution in [0.4, 0.5) is 5.95 Å². The molecule has 1 aromatic carbocycles. The van der Waals surface area contributed by atoms with Crippen molar-refractivity contribution in [2.45, 2.75) is 13.8 Å². The first kappa shape index (κ1) is 18.2. The number of rotatable bonds is 4. The third-order valence-electron chi connectivity index (χ3n) is 5.23. The highest BCUT2D eigenvalue weighted by Crippen LogP contribution is 2.32. The summed E-state index contributed by atoms with van der Waals surface area (Å²) >= 11 is 0. The highest BCUT2D eigenvalue weighted by atomic mass is 16.2. The van der Waals surface area contributed by atoms with Crippen molar-refractivity contribution < 1.29 is 9.59 Å². The van der Waals surface area contributed by atoms with Crippen molar-refractivity contribution in [1.29, 1.82) is 0 Å². The van der Waals surface area contributed by atoms with Crippen molar-refractivity contribution in [1.82, 2.24) is 19.8 Å². The first-order valence-electron chi connectivity index (χ1n) is 9.54. The van der Waals surface area contributed by atoms with E-state index in [2.05, 4.69) is 14.9 Å². The largest absolute Gasteiger partial charge is 0.363 e. The minimum atomic E-state index is -0.208. The minimum Gasteiger partial charge on any atom is -0.363 e. The Labute approximate surface area is 164 Å². The molecule has 2 aromatic rings. The van der Waals surface area contributed by atoms with Crippen molar-refractivity contribution in [3.05, 3.63) is 59.5 Å². The molecule has 144 valence electrons. The third-order valence-corrected chi connectivity index (χ3v) is 5.23. The maximum absolute atomic E-state index is 13.0. The molecule has 0 radical (unpaired) electrons. The van der Waals surface area contributed by atoms with Crippen LogP contribution in [0, 0.1) is 6.92 Å². The van der Waals surface area contributed by atoms with Crippen LogP contribution in [0.3, 0.4) is 0 Å². The van der Waals surface area contributed by atoms with E-state index in [1.807, 2.05) is 43.0 Å². The maximum atomic E-state index is 13.0. The number of aromatic nitrogens is 2. The second-order valence-electron chi connectivity index (χ2n) is 6.97. The van der Waals surface area contributed by atoms with Gasteiger partial charge < -0.3 is 9.80 Å². The molecule has 0 spiro atoms. The fraction of sp³-hybridized carbons (Fsp3) is 0.333. The lowest BCUT2D eigenvalue weighted by molar-refractivity contribution is -0.137. The van der Waals surface area contributed by atoms with E-state index in [-0.39, 0.29) is 11.8 Å². The Morgan fingerprint density at radius 3 is 2.11 bits per heavy atom. The molecule has 7 nitrogen and oxygen atoms in total. The van der Waals surface area contributed by atoms with Crippen molar-refractivity contribution in [2.75, 3.05) is 37.6 Å². The fourth-order valence-electron chi connectivity index (χ4n) is 3.71. The van der Waals surface area contributed by atoms with Crippen LogP contribution >= 0.6 is 0 Å². The predicted octanol–water partition coefficient (Wildman–Crippen LogP) is 1.71. The van der Waals surface area contributed by atoms with E-state index in [1.54, 1.807) is 18.5 Å². The van der Waals surface area contributed by atoms with Gasteiger partial charge in [0.2, 0.25) is 5.95 Å². The number of nitrogens with zero attached hydrogens (tertiary/aromatic N) is 5. The molecule has 2 amide bonds. The summed E-state index contributed by atoms with van der Waals surface area (Å²) in [6, 6.07) is 9.57. The summed E-state index contributed by atoms with van der Waals surface area (Å²) in [4.78, 5) is 40.0. The molecular weight excluding hydrogens is 354 g/mol. The lowest BCUT2D eigenvalue weighted by atomic mass is 10.0. The molecule has 7 heteroatoms. The smallest absolute Gasteiger partial charge is 0.277 e. The monoisotopic (exact) mass is 377 g/mol. The van der Waals surface area contributed by atoms with E-state index in [1.165, 1.54) is 4.90 Å². The average Bonchev–Trinajstić information content (AvgIpc) is 2.99. The van der Waals surface area contributed by atoms with Crippen LogP contribution in [0.5, 0.6) is 0 Å². The Morgan fingerprint density at radius 1 is 0.893 bits per heavy atom. The Morgan fingerprint density at radius 2 is 1.50 bits per heavy atom. The number of likely N-dealkylation sites (N-methyl/N-ethyl adjacent to an activating group) is 1. The van der Waals surface area contributed by atoms with Crippen molar-refractivity contribution in [2.24, 2.45) is 0 Å². The molecular formula is C21H23N5O2. The number of imide groups is 1. The number of aryl methyl sites for hydroxylation is 1. The van der Waals surface area contributed by atoms with Gasteiger partial charge in [-0.2, -0.15) is 0 Å². The quantitative estimate of drug-likeness (QED) is 0.756. The number of hydrogen-bond acceptors (Lipinski definition) is 6. The fourth-order valence-corrected chi connectivity index (χ4v) is 3.71. The summed E-state index contributed by atoms with van der Waals surface area (Å²) < 4.78 is 0. The average molecular weight is 377 g/mol. The van der Waals surface area contributed by atoms with Gasteiger partial charge >= 0.3 is 0 Å². The molecule has 3 heterocycles. The molecule has 2 aliphatic heterocycles. The first-order chi connectivity index (χ1) is 13.6. The summed E-state index contributed by atoms with van der Waals surface area (Å²) in [7, 11) is 0. The van der Waals surface area contributed by atoms with E-state index in [0.717, 1.165) is 11.1 Å². The van der Waals surface area contributed by atoms with E-state index in [0.29, 0.717) is 49.9 Å². The summed E-state index contributed by atoms with van der Waals surface area (Å²) in [5.41, 5.74) is 2.94. The number of carbonyl (C=O) groups is 2. The Kier molecular flexibility index (Phi) is 4.81. The molecule has 1 fully saturated rings. The molecule has 0 unspecified atom stereocenters. The van der Waals surface area contributed by atoms with Gasteiger partial charge in [0, 0.05) is 45.1 Å². The molecule has 4 rings (SSSR count). The van der Waals surface area contributed by atoms with E-state index in [4.69, 9.17) is 0 Å². The van der Waals surface area contributed by atoms with Gasteiger partial charge in [0.15, 0.2) is 0 Å². The van der Waals surface area contributed by atoms with Crippen LogP contribution in [-0.2, 0) is 9.59 Å². The zero-order valence-corrected chi connectivity index (χ0v) is 16.1. The highest BCUT2D eigenvalue weighted by Gasteiger charge is 2.41. The van der Waals surface area contributed by atoms with E-state index < -0.39 is 0 Å². The molecule has 0 atom stereocenters. The van der Waals surface area contributed by atoms with Crippen molar-refractivity contribution >= 4 is 23.3 Å². The van der Waals surface area contributed by atoms with Gasteiger partial charge in [0.1, 0.15) is 5.70 Å². The summed E-state index contributed by atoms with van der Waals surface area (Å²) in [6.07, 6.45) is 3.45. The topological polar surface area (TPSA) is 69.6 Å². The van der Waals surface area contributed by atoms with Gasteiger partial charge in [-0.3, -0.25) is 14.5 Å². The molecule has 0 aliphatic carbocycles. The highest BCUT2D eigenvalue weighted by molar-refractivity contribution is 6.35. The number of piperazine rings is 1. The lowest BCUT2D eigenvalue weighted by Crippen LogP contribution is -2.48. The molecule has 0 N–H and O–H groups in total. The van der Waals surface area contributed by atoms with E-state index in [9.17, 15) is 9.59 Å². The van der Waals surface area contributed by atoms with Gasteiger partial charge in [-0.25, -0.2) is 9.97 Å². The molecule has 2 aliphatic rings. The Balaban J connectivity index is 1.64. The molecule has 0 saturated carbocycles. The van der Waals surface area contributed by atoms with Gasteiger partial charge in [0.05, 0.1) is 5.57 Å². The molecule has 28 heavy (non-hydrogen) atoms. The lowest BCUT2D eigenvalue weighted by Gasteiger charge is -2.36. The number of hydrogen-bond donors (Lipinski definition) is 0. The standard InChI is InChI=1S/C21H23N5O2/c1-3-26-19(27)17(16-7-5-15(2)6-8-16)18(20(26)28)24-11-13-25(14-12-24)21-22-9-4-10-23-21/h4-10H,3,11-14H2,1-2H3. The minimum absolute atomic E-state index is 0.201. The zero-order chi connectivity index (χ0) is 19.7. The van der Waals surface area contributed by atoms with Crippen LogP contribution in [-0.4, -0.2) is 64.3 Å². The number of carbonyl (C=O) groups excluding carboxylic acids is 2. The van der Waals surface area contributed by atoms with Crippen LogP contribution in [0.15, 0.2) is 48.4 Å². The molecule has 1 aromatic heterocycles.